The number of hydrogen-bond acceptors (Lipinski definition) is 5. The van der Waals surface area contributed by atoms with Gasteiger partial charge in [0.05, 0.1) is 17.8 Å². The first kappa shape index (κ1) is 28.6. The van der Waals surface area contributed by atoms with Crippen molar-refractivity contribution in [2.24, 2.45) is 0 Å². The molecule has 1 saturated heterocycles. The highest BCUT2D eigenvalue weighted by atomic mass is 19.3. The number of piperazine rings is 1. The van der Waals surface area contributed by atoms with E-state index in [0.717, 1.165) is 11.8 Å². The van der Waals surface area contributed by atoms with Crippen LogP contribution >= 0.6 is 0 Å². The number of aliphatic carboxylic acids is 1. The third kappa shape index (κ3) is 4.64. The molecule has 1 N–H and O–H groups in total. The molecule has 2 aliphatic rings. The molecule has 40 heavy (non-hydrogen) atoms. The molecule has 0 spiro atoms. The van der Waals surface area contributed by atoms with Crippen LogP contribution in [0.15, 0.2) is 12.1 Å². The van der Waals surface area contributed by atoms with E-state index in [1.807, 2.05) is 0 Å². The summed E-state index contributed by atoms with van der Waals surface area (Å²) in [5.74, 6) is -20.9. The zero-order valence-corrected chi connectivity index (χ0v) is 19.9. The number of fused-ring (bicyclic) bond motifs is 1. The summed E-state index contributed by atoms with van der Waals surface area (Å²) in [6.07, 6.45) is -4.70. The minimum atomic E-state index is -4.70. The van der Waals surface area contributed by atoms with Crippen molar-refractivity contribution in [3.05, 3.63) is 47.0 Å². The number of benzene rings is 2. The molecule has 2 aromatic carbocycles. The fourth-order valence-electron chi connectivity index (χ4n) is 4.28. The Hall–Kier alpha value is -4.44. The van der Waals surface area contributed by atoms with Gasteiger partial charge in [-0.1, -0.05) is 0 Å². The number of amides is 3. The highest BCUT2D eigenvalue weighted by molar-refractivity contribution is 6.05. The first-order chi connectivity index (χ1) is 18.6. The monoisotopic (exact) mass is 581 g/mol. The van der Waals surface area contributed by atoms with Crippen LogP contribution in [-0.2, 0) is 19.2 Å². The maximum Gasteiger partial charge on any atom is 0.482 e. The van der Waals surface area contributed by atoms with Gasteiger partial charge in [0.1, 0.15) is 18.4 Å². The van der Waals surface area contributed by atoms with Crippen LogP contribution in [-0.4, -0.2) is 76.9 Å². The molecule has 0 saturated carbocycles. The summed E-state index contributed by atoms with van der Waals surface area (Å²) in [6.45, 7) is -1.21. The molecule has 4 rings (SSSR count). The first-order valence-corrected chi connectivity index (χ1v) is 11.1. The van der Waals surface area contributed by atoms with Crippen molar-refractivity contribution in [3.63, 3.8) is 0 Å². The van der Waals surface area contributed by atoms with Crippen LogP contribution in [0.5, 0.6) is 5.75 Å². The Labute approximate surface area is 218 Å². The summed E-state index contributed by atoms with van der Waals surface area (Å²) in [7, 11) is 0. The van der Waals surface area contributed by atoms with Gasteiger partial charge in [0.2, 0.25) is 17.6 Å². The van der Waals surface area contributed by atoms with E-state index in [1.165, 1.54) is 0 Å². The smallest absolute Gasteiger partial charge is 0.480 e. The van der Waals surface area contributed by atoms with Gasteiger partial charge in [-0.25, -0.2) is 31.1 Å². The third-order valence-electron chi connectivity index (χ3n) is 6.28. The Bertz CT molecular complexity index is 1440. The number of carboxylic acids is 1. The second-order valence-electron chi connectivity index (χ2n) is 8.66. The third-order valence-corrected chi connectivity index (χ3v) is 6.28. The number of rotatable bonds is 4. The summed E-state index contributed by atoms with van der Waals surface area (Å²) in [4.78, 5) is 50.7. The molecule has 3 amide bonds. The van der Waals surface area contributed by atoms with Gasteiger partial charge < -0.3 is 19.6 Å². The average molecular weight is 581 g/mol. The van der Waals surface area contributed by atoms with E-state index in [4.69, 9.17) is 0 Å². The summed E-state index contributed by atoms with van der Waals surface area (Å²) in [5.41, 5.74) is -4.07. The van der Waals surface area contributed by atoms with E-state index < -0.39 is 113 Å². The Balaban J connectivity index is 1.79. The normalized spacial score (nSPS) is 18.4. The van der Waals surface area contributed by atoms with Crippen molar-refractivity contribution in [3.8, 4) is 16.9 Å². The topological polar surface area (TPSA) is 107 Å². The summed E-state index contributed by atoms with van der Waals surface area (Å²) in [5, 5.41) is 9.51. The molecule has 0 aromatic heterocycles. The largest absolute Gasteiger partial charge is 0.482 e. The number of alkyl halides is 2. The number of nitrogens with zero attached hydrogens (tertiary/aromatic N) is 3. The highest BCUT2D eigenvalue weighted by Gasteiger charge is 2.52. The quantitative estimate of drug-likeness (QED) is 0.338. The summed E-state index contributed by atoms with van der Waals surface area (Å²) in [6, 6.07) is -1.30. The second kappa shape index (κ2) is 9.95. The molecule has 2 heterocycles. The van der Waals surface area contributed by atoms with Gasteiger partial charge in [0.15, 0.2) is 29.0 Å². The van der Waals surface area contributed by atoms with Crippen molar-refractivity contribution >= 4 is 29.4 Å². The molecule has 214 valence electrons. The summed E-state index contributed by atoms with van der Waals surface area (Å²) < 4.78 is 117. The SMILES string of the molecule is CC(=O)N1CCN(C(=O)CN2C(=O)C(F)(F)Oc3cc(F)c(-c4c(F)c(F)c(F)c(F)c4F)cc32)[C@H](C(=O)O)C1. The standard InChI is InChI=1S/C23H15F8N3O6/c1-8(35)32-2-3-33(12(6-32)21(37)38)14(36)7-34-11-4-9(10(24)5-13(11)40-23(30,31)22(34)39)15-16(25)18(27)20(29)19(28)17(15)26/h4-5,12H,2-3,6-7H2,1H3,(H,37,38)/t12-/m0/s1. The average Bonchev–Trinajstić information content (AvgIpc) is 2.89. The van der Waals surface area contributed by atoms with Crippen molar-refractivity contribution in [1.29, 1.82) is 0 Å². The van der Waals surface area contributed by atoms with Gasteiger partial charge in [-0.05, 0) is 6.07 Å². The van der Waals surface area contributed by atoms with E-state index in [0.29, 0.717) is 4.90 Å². The number of halogens is 8. The van der Waals surface area contributed by atoms with Crippen molar-refractivity contribution < 1.29 is 64.1 Å². The zero-order valence-electron chi connectivity index (χ0n) is 19.9. The lowest BCUT2D eigenvalue weighted by atomic mass is 10.0. The molecule has 2 aliphatic heterocycles. The number of ether oxygens (including phenoxy) is 1. The Morgan fingerprint density at radius 1 is 0.975 bits per heavy atom. The first-order valence-electron chi connectivity index (χ1n) is 11.1. The minimum absolute atomic E-state index is 0.00753. The predicted molar refractivity (Wildman–Crippen MR) is 115 cm³/mol. The number of carbonyl (C=O) groups excluding carboxylic acids is 3. The Morgan fingerprint density at radius 3 is 2.10 bits per heavy atom. The highest BCUT2D eigenvalue weighted by Crippen LogP contribution is 2.44. The maximum absolute atomic E-state index is 14.8. The lowest BCUT2D eigenvalue weighted by Crippen LogP contribution is -2.61. The number of carbonyl (C=O) groups is 4. The van der Waals surface area contributed by atoms with E-state index in [9.17, 15) is 59.4 Å². The molecule has 0 radical (unpaired) electrons. The van der Waals surface area contributed by atoms with Crippen LogP contribution in [0.25, 0.3) is 11.1 Å². The Morgan fingerprint density at radius 2 is 1.55 bits per heavy atom. The van der Waals surface area contributed by atoms with E-state index in [1.54, 1.807) is 0 Å². The number of anilines is 1. The molecule has 1 atom stereocenters. The van der Waals surface area contributed by atoms with Gasteiger partial charge in [-0.15, -0.1) is 0 Å². The molecule has 0 unspecified atom stereocenters. The summed E-state index contributed by atoms with van der Waals surface area (Å²) >= 11 is 0. The van der Waals surface area contributed by atoms with Crippen LogP contribution in [0.4, 0.5) is 40.8 Å². The fourth-order valence-corrected chi connectivity index (χ4v) is 4.28. The number of hydrogen-bond donors (Lipinski definition) is 1. The zero-order chi connectivity index (χ0) is 29.8. The van der Waals surface area contributed by atoms with Gasteiger partial charge in [-0.2, -0.15) is 8.78 Å². The van der Waals surface area contributed by atoms with E-state index >= 15 is 0 Å². The van der Waals surface area contributed by atoms with Crippen LogP contribution in [0.1, 0.15) is 6.92 Å². The molecule has 17 heteroatoms. The lowest BCUT2D eigenvalue weighted by molar-refractivity contribution is -0.193. The van der Waals surface area contributed by atoms with Gasteiger partial charge in [0.25, 0.3) is 0 Å². The van der Waals surface area contributed by atoms with Crippen LogP contribution in [0.2, 0.25) is 0 Å². The molecule has 1 fully saturated rings. The number of carboxylic acid groups (broad SMARTS) is 1. The van der Waals surface area contributed by atoms with Gasteiger partial charge >= 0.3 is 18.0 Å². The Kier molecular flexibility index (Phi) is 7.10. The van der Waals surface area contributed by atoms with Crippen LogP contribution in [0, 0.1) is 34.9 Å². The second-order valence-corrected chi connectivity index (χ2v) is 8.66. The minimum Gasteiger partial charge on any atom is -0.480 e. The molecule has 0 aliphatic carbocycles. The van der Waals surface area contributed by atoms with Crippen LogP contribution in [0.3, 0.4) is 0 Å². The van der Waals surface area contributed by atoms with Gasteiger partial charge in [0, 0.05) is 31.6 Å². The maximum atomic E-state index is 14.8. The predicted octanol–water partition coefficient (Wildman–Crippen LogP) is 2.65. The van der Waals surface area contributed by atoms with Gasteiger partial charge in [-0.3, -0.25) is 19.3 Å². The van der Waals surface area contributed by atoms with E-state index in [-0.39, 0.29) is 23.6 Å². The van der Waals surface area contributed by atoms with E-state index in [2.05, 4.69) is 4.74 Å². The fraction of sp³-hybridized carbons (Fsp3) is 0.304. The van der Waals surface area contributed by atoms with Crippen LogP contribution < -0.4 is 9.64 Å². The lowest BCUT2D eigenvalue weighted by Gasteiger charge is -2.40. The molecule has 0 bridgehead atoms. The molecule has 9 nitrogen and oxygen atoms in total. The van der Waals surface area contributed by atoms with Crippen molar-refractivity contribution in [1.82, 2.24) is 9.80 Å². The van der Waals surface area contributed by atoms with Crippen molar-refractivity contribution in [2.75, 3.05) is 31.1 Å². The molecular weight excluding hydrogens is 566 g/mol. The van der Waals surface area contributed by atoms with Crippen molar-refractivity contribution in [2.45, 2.75) is 19.1 Å². The molecule has 2 aromatic rings. The molecular formula is C23H15F8N3O6.